The summed E-state index contributed by atoms with van der Waals surface area (Å²) in [6.45, 7) is 0. The molecule has 0 aliphatic rings. The average molecular weight is 1100 g/mol. The van der Waals surface area contributed by atoms with E-state index in [2.05, 4.69) is 74.4 Å². The summed E-state index contributed by atoms with van der Waals surface area (Å²) in [5.74, 6) is -3.44. The maximum Gasteiger partial charge on any atom is 0.417 e. The van der Waals surface area contributed by atoms with Crippen molar-refractivity contribution >= 4 is 98.9 Å². The molecule has 4 rings (SSSR count). The summed E-state index contributed by atoms with van der Waals surface area (Å²) < 4.78 is 97.1. The van der Waals surface area contributed by atoms with Gasteiger partial charge in [0.2, 0.25) is 0 Å². The highest BCUT2D eigenvalue weighted by Crippen LogP contribution is 2.43. The maximum absolute atomic E-state index is 13.9. The van der Waals surface area contributed by atoms with E-state index in [1.165, 1.54) is 38.4 Å². The van der Waals surface area contributed by atoms with Crippen LogP contribution in [-0.2, 0) is 44.3 Å². The second kappa shape index (κ2) is 20.9. The number of rotatable bonds is 16. The highest BCUT2D eigenvalue weighted by atomic mass is 79.9. The number of alkyl halides is 6. The summed E-state index contributed by atoms with van der Waals surface area (Å²) in [4.78, 5) is 26.3. The molecule has 308 valence electrons. The lowest BCUT2D eigenvalue weighted by molar-refractivity contribution is -0.162. The van der Waals surface area contributed by atoms with Crippen molar-refractivity contribution in [3.05, 3.63) is 134 Å². The average Bonchev–Trinajstić information content (AvgIpc) is 3.12. The molecular formula is C39H34Br4Cl2F6N2O4. The van der Waals surface area contributed by atoms with Gasteiger partial charge >= 0.3 is 24.3 Å². The molecule has 4 aromatic rings. The third kappa shape index (κ3) is 12.9. The molecule has 4 atom stereocenters. The summed E-state index contributed by atoms with van der Waals surface area (Å²) in [6, 6.07) is 17.9. The molecule has 4 unspecified atom stereocenters. The molecule has 0 bridgehead atoms. The number of hydrogen-bond donors (Lipinski definition) is 2. The molecule has 0 saturated carbocycles. The van der Waals surface area contributed by atoms with Gasteiger partial charge in [-0.2, -0.15) is 26.3 Å². The van der Waals surface area contributed by atoms with E-state index in [0.29, 0.717) is 17.9 Å². The Morgan fingerprint density at radius 3 is 1.21 bits per heavy atom. The van der Waals surface area contributed by atoms with Crippen LogP contribution in [0.5, 0.6) is 0 Å². The number of halogens is 12. The molecule has 0 saturated heterocycles. The number of carbonyl (C=O) groups is 2. The van der Waals surface area contributed by atoms with Crippen molar-refractivity contribution in [2.24, 2.45) is 0 Å². The summed E-state index contributed by atoms with van der Waals surface area (Å²) in [5, 5.41) is 4.70. The molecule has 0 aliphatic heterocycles. The van der Waals surface area contributed by atoms with Gasteiger partial charge in [0.05, 0.1) is 21.2 Å². The van der Waals surface area contributed by atoms with Crippen LogP contribution >= 0.6 is 86.9 Å². The van der Waals surface area contributed by atoms with Crippen LogP contribution < -0.4 is 10.6 Å². The second-order valence-electron chi connectivity index (χ2n) is 12.8. The Bertz CT molecular complexity index is 1870. The van der Waals surface area contributed by atoms with Gasteiger partial charge in [-0.3, -0.25) is 20.2 Å². The highest BCUT2D eigenvalue weighted by Gasteiger charge is 2.37. The number of benzene rings is 4. The Labute approximate surface area is 369 Å². The number of esters is 2. The predicted octanol–water partition coefficient (Wildman–Crippen LogP) is 12.8. The van der Waals surface area contributed by atoms with Crippen molar-refractivity contribution in [1.29, 1.82) is 0 Å². The van der Waals surface area contributed by atoms with Crippen molar-refractivity contribution in [3.63, 3.8) is 0 Å². The van der Waals surface area contributed by atoms with Gasteiger partial charge in [-0.1, -0.05) is 123 Å². The van der Waals surface area contributed by atoms with Gasteiger partial charge in [-0.15, -0.1) is 0 Å². The van der Waals surface area contributed by atoms with Crippen molar-refractivity contribution in [1.82, 2.24) is 10.6 Å². The minimum absolute atomic E-state index is 0.0464. The third-order valence-electron chi connectivity index (χ3n) is 9.05. The molecule has 0 aromatic heterocycles. The van der Waals surface area contributed by atoms with E-state index in [1.54, 1.807) is 36.4 Å². The smallest absolute Gasteiger partial charge is 0.417 e. The Hall–Kier alpha value is -2.18. The van der Waals surface area contributed by atoms with Gasteiger partial charge in [0.1, 0.15) is 6.42 Å². The number of carbonyl (C=O) groups excluding carboxylic acids is 2. The van der Waals surface area contributed by atoms with Crippen molar-refractivity contribution < 1.29 is 45.4 Å². The molecule has 4 aromatic carbocycles. The molecule has 6 nitrogen and oxygen atoms in total. The van der Waals surface area contributed by atoms with E-state index in [1.807, 2.05) is 0 Å². The van der Waals surface area contributed by atoms with E-state index in [0.717, 1.165) is 23.3 Å². The van der Waals surface area contributed by atoms with E-state index in [4.69, 9.17) is 32.7 Å². The number of nitrogens with one attached hydrogen (secondary N) is 2. The molecule has 0 aliphatic carbocycles. The molecule has 0 amide bonds. The lowest BCUT2D eigenvalue weighted by Gasteiger charge is -2.27. The first-order valence-corrected chi connectivity index (χ1v) is 21.0. The van der Waals surface area contributed by atoms with Crippen LogP contribution in [0.25, 0.3) is 0 Å². The summed E-state index contributed by atoms with van der Waals surface area (Å²) in [5.41, 5.74) is -0.219. The SMILES string of the molecule is CNC(CC(Cc1c(Br)cccc1Br)c1cccc(C(F)(F)F)c1Cl)OC(=O)CC(=O)OC(CC(Cc1c(Br)cccc1Br)c1cccc(C(F)(F)F)c1Cl)NC. The monoisotopic (exact) mass is 1090 g/mol. The predicted molar refractivity (Wildman–Crippen MR) is 221 cm³/mol. The second-order valence-corrected chi connectivity index (χ2v) is 17.0. The van der Waals surface area contributed by atoms with Crippen LogP contribution in [-0.4, -0.2) is 38.5 Å². The molecule has 0 fully saturated rings. The fraction of sp³-hybridized carbons (Fsp3) is 0.333. The van der Waals surface area contributed by atoms with Crippen molar-refractivity contribution in [2.45, 2.75) is 68.7 Å². The van der Waals surface area contributed by atoms with Gasteiger partial charge in [0.15, 0.2) is 12.5 Å². The van der Waals surface area contributed by atoms with Gasteiger partial charge in [0.25, 0.3) is 0 Å². The summed E-state index contributed by atoms with van der Waals surface area (Å²) in [6.07, 6.45) is -12.2. The van der Waals surface area contributed by atoms with Crippen LogP contribution in [0, 0.1) is 0 Å². The first-order chi connectivity index (χ1) is 26.7. The Balaban J connectivity index is 1.53. The van der Waals surface area contributed by atoms with E-state index in [9.17, 15) is 35.9 Å². The highest BCUT2D eigenvalue weighted by molar-refractivity contribution is 9.11. The number of hydrogen-bond acceptors (Lipinski definition) is 6. The molecule has 2 N–H and O–H groups in total. The zero-order chi connectivity index (χ0) is 42.2. The van der Waals surface area contributed by atoms with Gasteiger partial charge in [-0.25, -0.2) is 0 Å². The molecule has 0 spiro atoms. The fourth-order valence-corrected chi connectivity index (χ4v) is 9.66. The van der Waals surface area contributed by atoms with E-state index in [-0.39, 0.29) is 36.8 Å². The summed E-state index contributed by atoms with van der Waals surface area (Å²) >= 11 is 26.7. The zero-order valence-electron chi connectivity index (χ0n) is 29.9. The van der Waals surface area contributed by atoms with Crippen LogP contribution in [0.1, 0.15) is 64.5 Å². The minimum atomic E-state index is -4.72. The first-order valence-electron chi connectivity index (χ1n) is 17.1. The molecule has 57 heavy (non-hydrogen) atoms. The van der Waals surface area contributed by atoms with Crippen LogP contribution in [0.4, 0.5) is 26.3 Å². The Kier molecular flexibility index (Phi) is 17.4. The largest absolute Gasteiger partial charge is 0.446 e. The normalized spacial score (nSPS) is 14.1. The third-order valence-corrected chi connectivity index (χ3v) is 12.9. The standard InChI is InChI=1S/C39H34Br4Cl2F6N2O4/c1-52-32(17-20(15-24-28(40)11-5-12-29(24)41)22-7-3-9-26(36(22)44)38(46,47)48)56-34(54)19-35(55)57-33(53-2)18-21(16-25-30(42)13-6-14-31(25)43)23-8-4-10-27(37(23)45)39(49,50)51/h3-14,20-21,32-33,52-53H,15-19H2,1-2H3. The lowest BCUT2D eigenvalue weighted by Crippen LogP contribution is -2.36. The zero-order valence-corrected chi connectivity index (χ0v) is 37.8. The molecule has 18 heteroatoms. The van der Waals surface area contributed by atoms with Crippen LogP contribution in [0.3, 0.4) is 0 Å². The van der Waals surface area contributed by atoms with Gasteiger partial charge < -0.3 is 9.47 Å². The topological polar surface area (TPSA) is 76.7 Å². The lowest BCUT2D eigenvalue weighted by atomic mass is 9.87. The van der Waals surface area contributed by atoms with Crippen molar-refractivity contribution in [3.8, 4) is 0 Å². The Morgan fingerprint density at radius 1 is 0.596 bits per heavy atom. The van der Waals surface area contributed by atoms with Crippen LogP contribution in [0.15, 0.2) is 90.7 Å². The molecular weight excluding hydrogens is 1060 g/mol. The Morgan fingerprint density at radius 2 is 0.912 bits per heavy atom. The molecule has 0 radical (unpaired) electrons. The minimum Gasteiger partial charge on any atom is -0.446 e. The maximum atomic E-state index is 13.9. The van der Waals surface area contributed by atoms with Crippen molar-refractivity contribution in [2.75, 3.05) is 14.1 Å². The van der Waals surface area contributed by atoms with Gasteiger partial charge in [-0.05, 0) is 97.4 Å². The number of ether oxygens (including phenoxy) is 2. The first kappa shape index (κ1) is 47.5. The quantitative estimate of drug-likeness (QED) is 0.0504. The van der Waals surface area contributed by atoms with Crippen LogP contribution in [0.2, 0.25) is 10.0 Å². The molecule has 0 heterocycles. The van der Waals surface area contributed by atoms with E-state index < -0.39 is 76.2 Å². The fourth-order valence-electron chi connectivity index (χ4n) is 6.24. The summed E-state index contributed by atoms with van der Waals surface area (Å²) in [7, 11) is 2.96. The van der Waals surface area contributed by atoms with E-state index >= 15 is 0 Å². The van der Waals surface area contributed by atoms with Gasteiger partial charge in [0, 0.05) is 30.7 Å².